The zero-order valence-corrected chi connectivity index (χ0v) is 13.4. The molecule has 2 rings (SSSR count). The number of rotatable bonds is 7. The van der Waals surface area contributed by atoms with Gasteiger partial charge in [-0.3, -0.25) is 9.69 Å². The summed E-state index contributed by atoms with van der Waals surface area (Å²) in [6.45, 7) is 6.37. The fourth-order valence-corrected chi connectivity index (χ4v) is 2.98. The van der Waals surface area contributed by atoms with Crippen molar-refractivity contribution >= 4 is 17.2 Å². The number of nitrogens with one attached hydrogen (secondary N) is 1. The first-order valence-electron chi connectivity index (χ1n) is 7.18. The number of nitrogens with zero attached hydrogens (tertiary/aromatic N) is 3. The van der Waals surface area contributed by atoms with Crippen molar-refractivity contribution < 1.29 is 4.79 Å². The molecule has 0 radical (unpaired) electrons. The number of aromatic nitrogens is 1. The zero-order chi connectivity index (χ0) is 14.5. The Bertz CT molecular complexity index is 442. The highest BCUT2D eigenvalue weighted by atomic mass is 32.1. The topological polar surface area (TPSA) is 48.5 Å². The second-order valence-electron chi connectivity index (χ2n) is 5.48. The number of thiazole rings is 1. The average molecular weight is 296 g/mol. The van der Waals surface area contributed by atoms with Gasteiger partial charge in [0.2, 0.25) is 5.91 Å². The maximum Gasteiger partial charge on any atom is 0.228 e. The molecule has 1 fully saturated rings. The lowest BCUT2D eigenvalue weighted by Gasteiger charge is -2.37. The first-order valence-corrected chi connectivity index (χ1v) is 8.06. The molecular weight excluding hydrogens is 272 g/mol. The maximum atomic E-state index is 11.7. The molecule has 1 aliphatic rings. The van der Waals surface area contributed by atoms with Crippen molar-refractivity contribution in [3.8, 4) is 0 Å². The molecule has 0 spiro atoms. The van der Waals surface area contributed by atoms with E-state index in [1.54, 1.807) is 30.3 Å². The summed E-state index contributed by atoms with van der Waals surface area (Å²) in [5, 5.41) is 6.33. The van der Waals surface area contributed by atoms with Gasteiger partial charge in [-0.1, -0.05) is 6.92 Å². The Morgan fingerprint density at radius 3 is 2.80 bits per heavy atom. The Balaban J connectivity index is 1.91. The van der Waals surface area contributed by atoms with Gasteiger partial charge >= 0.3 is 0 Å². The highest BCUT2D eigenvalue weighted by Gasteiger charge is 2.24. The minimum absolute atomic E-state index is 0.111. The molecule has 1 amide bonds. The molecule has 0 atom stereocenters. The van der Waals surface area contributed by atoms with Crippen LogP contribution in [0.5, 0.6) is 0 Å². The van der Waals surface area contributed by atoms with Crippen LogP contribution in [0, 0.1) is 0 Å². The largest absolute Gasteiger partial charge is 0.348 e. The van der Waals surface area contributed by atoms with Crippen molar-refractivity contribution in [1.29, 1.82) is 0 Å². The molecule has 1 aliphatic heterocycles. The van der Waals surface area contributed by atoms with Gasteiger partial charge in [-0.15, -0.1) is 11.3 Å². The van der Waals surface area contributed by atoms with Crippen molar-refractivity contribution in [3.05, 3.63) is 16.1 Å². The molecule has 0 bridgehead atoms. The van der Waals surface area contributed by atoms with Gasteiger partial charge in [0.15, 0.2) is 0 Å². The van der Waals surface area contributed by atoms with Crippen molar-refractivity contribution in [2.24, 2.45) is 0 Å². The highest BCUT2D eigenvalue weighted by Crippen LogP contribution is 2.16. The Morgan fingerprint density at radius 1 is 1.50 bits per heavy atom. The fraction of sp³-hybridized carbons (Fsp3) is 0.714. The van der Waals surface area contributed by atoms with E-state index in [9.17, 15) is 4.79 Å². The van der Waals surface area contributed by atoms with Crippen LogP contribution in [0.25, 0.3) is 0 Å². The molecule has 2 heterocycles. The second kappa shape index (κ2) is 7.15. The molecule has 1 N–H and O–H groups in total. The number of hydrogen-bond acceptors (Lipinski definition) is 5. The van der Waals surface area contributed by atoms with Crippen LogP contribution in [0.1, 0.15) is 24.0 Å². The predicted octanol–water partition coefficient (Wildman–Crippen LogP) is 0.958. The molecule has 0 saturated carbocycles. The van der Waals surface area contributed by atoms with Crippen LogP contribution in [0.4, 0.5) is 0 Å². The van der Waals surface area contributed by atoms with E-state index in [2.05, 4.69) is 27.5 Å². The summed E-state index contributed by atoms with van der Waals surface area (Å²) in [6, 6.07) is 0.642. The molecular formula is C14H24N4OS. The van der Waals surface area contributed by atoms with Crippen molar-refractivity contribution in [1.82, 2.24) is 20.1 Å². The normalized spacial score (nSPS) is 15.4. The number of likely N-dealkylation sites (N-methyl/N-ethyl adjacent to an activating group) is 1. The van der Waals surface area contributed by atoms with Crippen LogP contribution in [0.3, 0.4) is 0 Å². The van der Waals surface area contributed by atoms with E-state index in [1.165, 1.54) is 0 Å². The quantitative estimate of drug-likeness (QED) is 0.814. The van der Waals surface area contributed by atoms with Gasteiger partial charge < -0.3 is 10.2 Å². The number of hydrogen-bond donors (Lipinski definition) is 1. The average Bonchev–Trinajstić information content (AvgIpc) is 2.74. The Morgan fingerprint density at radius 2 is 2.25 bits per heavy atom. The van der Waals surface area contributed by atoms with E-state index in [0.29, 0.717) is 12.5 Å². The molecule has 0 aliphatic carbocycles. The first kappa shape index (κ1) is 15.4. The van der Waals surface area contributed by atoms with E-state index < -0.39 is 0 Å². The van der Waals surface area contributed by atoms with Gasteiger partial charge in [0.05, 0.1) is 12.1 Å². The van der Waals surface area contributed by atoms with Gasteiger partial charge in [-0.2, -0.15) is 0 Å². The van der Waals surface area contributed by atoms with Crippen LogP contribution in [-0.4, -0.2) is 60.5 Å². The Labute approximate surface area is 125 Å². The van der Waals surface area contributed by atoms with E-state index in [4.69, 9.17) is 0 Å². The molecule has 0 unspecified atom stereocenters. The summed E-state index contributed by atoms with van der Waals surface area (Å²) >= 11 is 1.59. The van der Waals surface area contributed by atoms with Gasteiger partial charge in [0.25, 0.3) is 0 Å². The summed E-state index contributed by atoms with van der Waals surface area (Å²) < 4.78 is 0. The molecule has 20 heavy (non-hydrogen) atoms. The third-order valence-corrected chi connectivity index (χ3v) is 4.45. The van der Waals surface area contributed by atoms with Crippen LogP contribution in [-0.2, 0) is 17.8 Å². The lowest BCUT2D eigenvalue weighted by molar-refractivity contribution is -0.127. The minimum Gasteiger partial charge on any atom is -0.348 e. The highest BCUT2D eigenvalue weighted by molar-refractivity contribution is 7.09. The summed E-state index contributed by atoms with van der Waals surface area (Å²) in [6.07, 6.45) is 1.57. The van der Waals surface area contributed by atoms with Crippen LogP contribution in [0.15, 0.2) is 5.38 Å². The Hall–Kier alpha value is -0.980. The molecule has 1 aromatic rings. The monoisotopic (exact) mass is 296 g/mol. The minimum atomic E-state index is 0.111. The lowest BCUT2D eigenvalue weighted by Crippen LogP contribution is -2.57. The van der Waals surface area contributed by atoms with E-state index >= 15 is 0 Å². The van der Waals surface area contributed by atoms with Gasteiger partial charge in [-0.25, -0.2) is 4.98 Å². The van der Waals surface area contributed by atoms with Gasteiger partial charge in [0, 0.05) is 45.2 Å². The SMILES string of the molecule is CCCN(Cc1csc(CC(=O)N(C)C)n1)C1CNC1. The number of carbonyl (C=O) groups is 1. The number of amides is 1. The fourth-order valence-electron chi connectivity index (χ4n) is 2.21. The van der Waals surface area contributed by atoms with Crippen LogP contribution >= 0.6 is 11.3 Å². The van der Waals surface area contributed by atoms with E-state index in [1.807, 2.05) is 0 Å². The molecule has 5 nitrogen and oxygen atoms in total. The van der Waals surface area contributed by atoms with E-state index in [-0.39, 0.29) is 5.91 Å². The van der Waals surface area contributed by atoms with Crippen LogP contribution < -0.4 is 5.32 Å². The van der Waals surface area contributed by atoms with Crippen molar-refractivity contribution in [2.75, 3.05) is 33.7 Å². The first-order chi connectivity index (χ1) is 9.60. The molecule has 6 heteroatoms. The third-order valence-electron chi connectivity index (χ3n) is 3.55. The lowest BCUT2D eigenvalue weighted by atomic mass is 10.1. The van der Waals surface area contributed by atoms with Crippen molar-refractivity contribution in [3.63, 3.8) is 0 Å². The summed E-state index contributed by atoms with van der Waals surface area (Å²) in [4.78, 5) is 20.4. The van der Waals surface area contributed by atoms with Gasteiger partial charge in [-0.05, 0) is 13.0 Å². The van der Waals surface area contributed by atoms with Crippen molar-refractivity contribution in [2.45, 2.75) is 32.4 Å². The van der Waals surface area contributed by atoms with Gasteiger partial charge in [0.1, 0.15) is 5.01 Å². The standard InChI is InChI=1S/C14H24N4OS/c1-4-5-18(12-7-15-8-12)9-11-10-20-13(16-11)6-14(19)17(2)3/h10,12,15H,4-9H2,1-3H3. The molecule has 0 aromatic carbocycles. The van der Waals surface area contributed by atoms with Crippen LogP contribution in [0.2, 0.25) is 0 Å². The maximum absolute atomic E-state index is 11.7. The Kier molecular flexibility index (Phi) is 5.51. The van der Waals surface area contributed by atoms with E-state index in [0.717, 1.165) is 43.3 Å². The zero-order valence-electron chi connectivity index (χ0n) is 12.6. The second-order valence-corrected chi connectivity index (χ2v) is 6.42. The summed E-state index contributed by atoms with van der Waals surface area (Å²) in [7, 11) is 3.56. The molecule has 1 aromatic heterocycles. The molecule has 1 saturated heterocycles. The predicted molar refractivity (Wildman–Crippen MR) is 81.9 cm³/mol. The summed E-state index contributed by atoms with van der Waals surface area (Å²) in [5.74, 6) is 0.111. The number of carbonyl (C=O) groups excluding carboxylic acids is 1. The summed E-state index contributed by atoms with van der Waals surface area (Å²) in [5.41, 5.74) is 1.09. The smallest absolute Gasteiger partial charge is 0.228 e. The third kappa shape index (κ3) is 4.01. The molecule has 112 valence electrons.